The fraction of sp³-hybridized carbons (Fsp3) is 0.526. The first-order chi connectivity index (χ1) is 13.0. The minimum atomic E-state index is -3.48. The molecule has 1 aliphatic rings. The van der Waals surface area contributed by atoms with Crippen LogP contribution in [0.5, 0.6) is 5.75 Å². The lowest BCUT2D eigenvalue weighted by Crippen LogP contribution is -2.37. The summed E-state index contributed by atoms with van der Waals surface area (Å²) < 4.78 is 35.5. The van der Waals surface area contributed by atoms with Gasteiger partial charge in [-0.3, -0.25) is 9.69 Å². The monoisotopic (exact) mass is 432 g/mol. The van der Waals surface area contributed by atoms with Crippen molar-refractivity contribution in [3.8, 4) is 5.75 Å². The molecule has 7 nitrogen and oxygen atoms in total. The topological polar surface area (TPSA) is 84.9 Å². The van der Waals surface area contributed by atoms with Gasteiger partial charge in [0.15, 0.2) is 9.84 Å². The van der Waals surface area contributed by atoms with Crippen LogP contribution >= 0.6 is 12.4 Å². The highest BCUT2D eigenvalue weighted by molar-refractivity contribution is 7.94. The molecule has 1 aromatic rings. The van der Waals surface area contributed by atoms with Gasteiger partial charge in [-0.15, -0.1) is 12.4 Å². The summed E-state index contributed by atoms with van der Waals surface area (Å²) in [5.74, 6) is 0.525. The number of rotatable bonds is 10. The second-order valence-corrected chi connectivity index (χ2v) is 8.15. The fourth-order valence-corrected chi connectivity index (χ4v) is 3.70. The lowest BCUT2D eigenvalue weighted by molar-refractivity contribution is -0.118. The van der Waals surface area contributed by atoms with Crippen LogP contribution in [0.25, 0.3) is 0 Å². The molecule has 0 aliphatic carbocycles. The Kier molecular flexibility index (Phi) is 11.1. The molecule has 1 heterocycles. The zero-order chi connectivity index (χ0) is 19.5. The molecule has 0 bridgehead atoms. The van der Waals surface area contributed by atoms with Gasteiger partial charge < -0.3 is 14.8 Å². The van der Waals surface area contributed by atoms with Gasteiger partial charge in [-0.05, 0) is 37.1 Å². The molecular weight excluding hydrogens is 404 g/mol. The third-order valence-corrected chi connectivity index (χ3v) is 5.58. The maximum atomic E-state index is 12.2. The lowest BCUT2D eigenvalue weighted by atomic mass is 10.3. The van der Waals surface area contributed by atoms with Gasteiger partial charge in [0, 0.05) is 38.5 Å². The molecule has 1 aliphatic heterocycles. The predicted octanol–water partition coefficient (Wildman–Crippen LogP) is 2.02. The van der Waals surface area contributed by atoms with Crippen LogP contribution in [0, 0.1) is 0 Å². The summed E-state index contributed by atoms with van der Waals surface area (Å²) in [6.07, 6.45) is 2.92. The fourth-order valence-electron chi connectivity index (χ4n) is 2.63. The lowest BCUT2D eigenvalue weighted by Gasteiger charge is -2.26. The van der Waals surface area contributed by atoms with E-state index in [1.54, 1.807) is 30.3 Å². The van der Waals surface area contributed by atoms with Crippen molar-refractivity contribution in [2.75, 3.05) is 46.0 Å². The Hall–Kier alpha value is -1.61. The Morgan fingerprint density at radius 2 is 1.93 bits per heavy atom. The van der Waals surface area contributed by atoms with Crippen molar-refractivity contribution in [1.29, 1.82) is 0 Å². The van der Waals surface area contributed by atoms with Crippen molar-refractivity contribution in [1.82, 2.24) is 10.2 Å². The van der Waals surface area contributed by atoms with E-state index < -0.39 is 9.84 Å². The largest absolute Gasteiger partial charge is 0.494 e. The standard InChI is InChI=1S/C19H28N2O5S.ClH/c1-17(22)20-9-2-3-16-27(23,24)19-7-5-18(6-8-19)26-13-4-10-21-11-14-25-15-12-21;/h3,5-8,16H,2,4,9-15H2,1H3,(H,20,22);1H/b16-3+;. The number of amides is 1. The summed E-state index contributed by atoms with van der Waals surface area (Å²) in [6, 6.07) is 6.44. The SMILES string of the molecule is CC(=O)NCC/C=C/S(=O)(=O)c1ccc(OCCCN2CCOCC2)cc1.Cl. The van der Waals surface area contributed by atoms with Gasteiger partial charge in [-0.2, -0.15) is 0 Å². The van der Waals surface area contributed by atoms with E-state index in [9.17, 15) is 13.2 Å². The summed E-state index contributed by atoms with van der Waals surface area (Å²) >= 11 is 0. The highest BCUT2D eigenvalue weighted by atomic mass is 35.5. The quantitative estimate of drug-likeness (QED) is 0.569. The third kappa shape index (κ3) is 9.05. The van der Waals surface area contributed by atoms with Crippen LogP contribution in [0.2, 0.25) is 0 Å². The number of sulfone groups is 1. The van der Waals surface area contributed by atoms with E-state index in [1.165, 1.54) is 12.3 Å². The van der Waals surface area contributed by atoms with Crippen LogP contribution in [0.15, 0.2) is 40.6 Å². The predicted molar refractivity (Wildman–Crippen MR) is 111 cm³/mol. The Balaban J connectivity index is 0.00000392. The highest BCUT2D eigenvalue weighted by Gasteiger charge is 2.11. The maximum Gasteiger partial charge on any atom is 0.216 e. The Labute approximate surface area is 173 Å². The molecule has 1 fully saturated rings. The Morgan fingerprint density at radius 1 is 1.25 bits per heavy atom. The number of carbonyl (C=O) groups is 1. The molecule has 0 spiro atoms. The van der Waals surface area contributed by atoms with E-state index in [0.717, 1.165) is 39.3 Å². The number of hydrogen-bond donors (Lipinski definition) is 1. The summed E-state index contributed by atoms with van der Waals surface area (Å²) in [5, 5.41) is 3.79. The summed E-state index contributed by atoms with van der Waals surface area (Å²) in [5.41, 5.74) is 0. The van der Waals surface area contributed by atoms with Crippen LogP contribution in [0.3, 0.4) is 0 Å². The zero-order valence-electron chi connectivity index (χ0n) is 16.1. The van der Waals surface area contributed by atoms with Crippen LogP contribution in [-0.4, -0.2) is 65.2 Å². The molecule has 1 N–H and O–H groups in total. The summed E-state index contributed by atoms with van der Waals surface area (Å²) in [4.78, 5) is 13.3. The molecule has 0 saturated carbocycles. The highest BCUT2D eigenvalue weighted by Crippen LogP contribution is 2.18. The molecule has 2 rings (SSSR count). The molecule has 28 heavy (non-hydrogen) atoms. The van der Waals surface area contributed by atoms with Crippen molar-refractivity contribution in [2.45, 2.75) is 24.7 Å². The minimum Gasteiger partial charge on any atom is -0.494 e. The molecule has 0 aromatic heterocycles. The van der Waals surface area contributed by atoms with E-state index in [-0.39, 0.29) is 23.2 Å². The second kappa shape index (κ2) is 12.8. The van der Waals surface area contributed by atoms with Crippen LogP contribution in [0.1, 0.15) is 19.8 Å². The van der Waals surface area contributed by atoms with Gasteiger partial charge in [0.25, 0.3) is 0 Å². The molecule has 1 aromatic carbocycles. The summed E-state index contributed by atoms with van der Waals surface area (Å²) in [6.45, 7) is 6.91. The van der Waals surface area contributed by atoms with E-state index in [0.29, 0.717) is 25.3 Å². The van der Waals surface area contributed by atoms with Crippen LogP contribution < -0.4 is 10.1 Å². The molecule has 0 atom stereocenters. The molecule has 9 heteroatoms. The Bertz CT molecular complexity index is 716. The van der Waals surface area contributed by atoms with E-state index >= 15 is 0 Å². The van der Waals surface area contributed by atoms with Crippen LogP contribution in [-0.2, 0) is 19.4 Å². The van der Waals surface area contributed by atoms with Crippen molar-refractivity contribution in [3.63, 3.8) is 0 Å². The van der Waals surface area contributed by atoms with Gasteiger partial charge in [-0.1, -0.05) is 6.08 Å². The smallest absolute Gasteiger partial charge is 0.216 e. The zero-order valence-corrected chi connectivity index (χ0v) is 17.8. The van der Waals surface area contributed by atoms with E-state index in [4.69, 9.17) is 9.47 Å². The number of benzene rings is 1. The van der Waals surface area contributed by atoms with Gasteiger partial charge >= 0.3 is 0 Å². The number of nitrogens with zero attached hydrogens (tertiary/aromatic N) is 1. The van der Waals surface area contributed by atoms with Crippen molar-refractivity contribution >= 4 is 28.2 Å². The second-order valence-electron chi connectivity index (χ2n) is 6.32. The molecule has 158 valence electrons. The summed E-state index contributed by atoms with van der Waals surface area (Å²) in [7, 11) is -3.48. The maximum absolute atomic E-state index is 12.2. The number of carbonyl (C=O) groups excluding carboxylic acids is 1. The molecule has 1 saturated heterocycles. The number of hydrogen-bond acceptors (Lipinski definition) is 6. The van der Waals surface area contributed by atoms with E-state index in [1.807, 2.05) is 0 Å². The Morgan fingerprint density at radius 3 is 2.57 bits per heavy atom. The molecular formula is C19H29ClN2O5S. The first kappa shape index (κ1) is 24.4. The normalized spacial score (nSPS) is 15.2. The van der Waals surface area contributed by atoms with Crippen molar-refractivity contribution in [2.24, 2.45) is 0 Å². The first-order valence-corrected chi connectivity index (χ1v) is 10.7. The number of nitrogens with one attached hydrogen (secondary N) is 1. The average Bonchev–Trinajstić information content (AvgIpc) is 2.66. The number of ether oxygens (including phenoxy) is 2. The minimum absolute atomic E-state index is 0. The van der Waals surface area contributed by atoms with Crippen molar-refractivity contribution in [3.05, 3.63) is 35.7 Å². The average molecular weight is 433 g/mol. The van der Waals surface area contributed by atoms with Gasteiger partial charge in [0.05, 0.1) is 24.7 Å². The van der Waals surface area contributed by atoms with Gasteiger partial charge in [0.1, 0.15) is 5.75 Å². The first-order valence-electron chi connectivity index (χ1n) is 9.16. The van der Waals surface area contributed by atoms with Gasteiger partial charge in [0.2, 0.25) is 5.91 Å². The number of halogens is 1. The van der Waals surface area contributed by atoms with E-state index in [2.05, 4.69) is 10.2 Å². The number of morpholine rings is 1. The molecule has 1 amide bonds. The molecule has 0 radical (unpaired) electrons. The van der Waals surface area contributed by atoms with Gasteiger partial charge in [-0.25, -0.2) is 8.42 Å². The van der Waals surface area contributed by atoms with Crippen molar-refractivity contribution < 1.29 is 22.7 Å². The molecule has 0 unspecified atom stereocenters. The third-order valence-electron chi connectivity index (χ3n) is 4.10. The van der Waals surface area contributed by atoms with Crippen LogP contribution in [0.4, 0.5) is 0 Å².